The molecule has 0 N–H and O–H groups in total. The van der Waals surface area contributed by atoms with Gasteiger partial charge in [0.25, 0.3) is 10.0 Å². The Morgan fingerprint density at radius 1 is 1.30 bits per heavy atom. The molecule has 112 valence electrons. The first-order valence-corrected chi connectivity index (χ1v) is 8.68. The summed E-state index contributed by atoms with van der Waals surface area (Å²) in [6, 6.07) is 5.04. The van der Waals surface area contributed by atoms with E-state index >= 15 is 0 Å². The summed E-state index contributed by atoms with van der Waals surface area (Å²) in [6.07, 6.45) is 0. The van der Waals surface area contributed by atoms with Crippen molar-refractivity contribution in [1.29, 1.82) is 5.26 Å². The fourth-order valence-corrected chi connectivity index (χ4v) is 4.53. The second-order valence-corrected chi connectivity index (χ2v) is 8.54. The molecule has 1 aromatic heterocycles. The van der Waals surface area contributed by atoms with E-state index in [4.69, 9.17) is 5.26 Å². The van der Waals surface area contributed by atoms with Crippen LogP contribution in [0.3, 0.4) is 0 Å². The largest absolute Gasteiger partial charge is 0.308 e. The second-order valence-electron chi connectivity index (χ2n) is 5.29. The summed E-state index contributed by atoms with van der Waals surface area (Å²) < 4.78 is 27.0. The van der Waals surface area contributed by atoms with Crippen molar-refractivity contribution in [3.05, 3.63) is 17.0 Å². The molecular weight excluding hydrogens is 294 g/mol. The molecule has 1 aromatic rings. The molecule has 0 spiro atoms. The number of nitriles is 1. The molecule has 0 aromatic carbocycles. The molecular formula is C13H21N3O2S2. The van der Waals surface area contributed by atoms with Gasteiger partial charge < -0.3 is 4.90 Å². The van der Waals surface area contributed by atoms with E-state index in [0.29, 0.717) is 24.5 Å². The van der Waals surface area contributed by atoms with Crippen molar-refractivity contribution >= 4 is 21.4 Å². The number of hydrogen-bond acceptors (Lipinski definition) is 5. The Bertz CT molecular complexity index is 571. The molecule has 0 bridgehead atoms. The number of nitrogens with zero attached hydrogens (tertiary/aromatic N) is 3. The van der Waals surface area contributed by atoms with E-state index in [1.165, 1.54) is 10.4 Å². The van der Waals surface area contributed by atoms with Crippen LogP contribution in [0, 0.1) is 17.2 Å². The van der Waals surface area contributed by atoms with Crippen molar-refractivity contribution in [2.45, 2.75) is 18.1 Å². The molecule has 1 rings (SSSR count). The predicted octanol–water partition coefficient (Wildman–Crippen LogP) is 1.83. The topological polar surface area (TPSA) is 64.4 Å². The Balaban J connectivity index is 3.00. The number of thiophene rings is 1. The van der Waals surface area contributed by atoms with Gasteiger partial charge in [-0.2, -0.15) is 9.57 Å². The van der Waals surface area contributed by atoms with Gasteiger partial charge in [0.05, 0.1) is 0 Å². The van der Waals surface area contributed by atoms with Crippen LogP contribution < -0.4 is 0 Å². The molecule has 5 nitrogen and oxygen atoms in total. The van der Waals surface area contributed by atoms with E-state index in [2.05, 4.69) is 0 Å². The third-order valence-corrected chi connectivity index (χ3v) is 5.97. The summed E-state index contributed by atoms with van der Waals surface area (Å²) in [5, 5.41) is 8.82. The van der Waals surface area contributed by atoms with Crippen LogP contribution in [0.15, 0.2) is 16.3 Å². The lowest BCUT2D eigenvalue weighted by atomic mass is 10.2. The summed E-state index contributed by atoms with van der Waals surface area (Å²) in [4.78, 5) is 2.37. The SMILES string of the molecule is CC(C)CN(CCN(C)C)S(=O)(=O)c1ccc(C#N)s1. The zero-order chi connectivity index (χ0) is 15.3. The lowest BCUT2D eigenvalue weighted by Gasteiger charge is -2.24. The number of likely N-dealkylation sites (N-methyl/N-ethyl adjacent to an activating group) is 1. The first kappa shape index (κ1) is 17.1. The third kappa shape index (κ3) is 4.56. The van der Waals surface area contributed by atoms with Crippen LogP contribution in [0.25, 0.3) is 0 Å². The maximum Gasteiger partial charge on any atom is 0.252 e. The van der Waals surface area contributed by atoms with Gasteiger partial charge in [-0.3, -0.25) is 0 Å². The van der Waals surface area contributed by atoms with Crippen LogP contribution in [0.4, 0.5) is 0 Å². The molecule has 7 heteroatoms. The van der Waals surface area contributed by atoms with E-state index in [9.17, 15) is 8.42 Å². The van der Waals surface area contributed by atoms with Crippen molar-refractivity contribution in [3.63, 3.8) is 0 Å². The highest BCUT2D eigenvalue weighted by Crippen LogP contribution is 2.25. The van der Waals surface area contributed by atoms with Gasteiger partial charge in [-0.05, 0) is 32.1 Å². The number of hydrogen-bond donors (Lipinski definition) is 0. The lowest BCUT2D eigenvalue weighted by Crippen LogP contribution is -2.38. The van der Waals surface area contributed by atoms with E-state index in [1.807, 2.05) is 38.9 Å². The normalized spacial score (nSPS) is 12.3. The summed E-state index contributed by atoms with van der Waals surface area (Å²) in [7, 11) is 0.325. The average Bonchev–Trinajstić information content (AvgIpc) is 2.83. The third-order valence-electron chi connectivity index (χ3n) is 2.65. The van der Waals surface area contributed by atoms with Gasteiger partial charge >= 0.3 is 0 Å². The molecule has 0 aliphatic carbocycles. The quantitative estimate of drug-likeness (QED) is 0.770. The molecule has 0 radical (unpaired) electrons. The smallest absolute Gasteiger partial charge is 0.252 e. The van der Waals surface area contributed by atoms with Crippen LogP contribution in [-0.4, -0.2) is 51.4 Å². The summed E-state index contributed by atoms with van der Waals surface area (Å²) in [5.41, 5.74) is 0. The Morgan fingerprint density at radius 2 is 1.95 bits per heavy atom. The van der Waals surface area contributed by atoms with Gasteiger partial charge in [0.15, 0.2) is 0 Å². The van der Waals surface area contributed by atoms with Crippen molar-refractivity contribution in [2.75, 3.05) is 33.7 Å². The minimum Gasteiger partial charge on any atom is -0.308 e. The molecule has 20 heavy (non-hydrogen) atoms. The Morgan fingerprint density at radius 3 is 2.40 bits per heavy atom. The first-order chi connectivity index (χ1) is 9.27. The minimum absolute atomic E-state index is 0.244. The zero-order valence-corrected chi connectivity index (χ0v) is 14.0. The summed E-state index contributed by atoms with van der Waals surface area (Å²) in [6.45, 7) is 5.59. The fourth-order valence-electron chi connectivity index (χ4n) is 1.67. The maximum absolute atomic E-state index is 12.6. The van der Waals surface area contributed by atoms with Crippen molar-refractivity contribution < 1.29 is 8.42 Å². The second kappa shape index (κ2) is 7.18. The summed E-state index contributed by atoms with van der Waals surface area (Å²) >= 11 is 1.03. The van der Waals surface area contributed by atoms with Crippen LogP contribution in [-0.2, 0) is 10.0 Å². The van der Waals surface area contributed by atoms with Gasteiger partial charge in [-0.1, -0.05) is 13.8 Å². The fraction of sp³-hybridized carbons (Fsp3) is 0.615. The van der Waals surface area contributed by atoms with E-state index < -0.39 is 10.0 Å². The Kier molecular flexibility index (Phi) is 6.14. The standard InChI is InChI=1S/C13H21N3O2S2/c1-11(2)10-16(8-7-15(3)4)20(17,18)13-6-5-12(9-14)19-13/h5-6,11H,7-8,10H2,1-4H3. The maximum atomic E-state index is 12.6. The summed E-state index contributed by atoms with van der Waals surface area (Å²) in [5.74, 6) is 0.252. The highest BCUT2D eigenvalue weighted by Gasteiger charge is 2.26. The monoisotopic (exact) mass is 315 g/mol. The van der Waals surface area contributed by atoms with Gasteiger partial charge in [0.1, 0.15) is 15.2 Å². The highest BCUT2D eigenvalue weighted by molar-refractivity contribution is 7.91. The zero-order valence-electron chi connectivity index (χ0n) is 12.3. The van der Waals surface area contributed by atoms with E-state index in [1.54, 1.807) is 6.07 Å². The molecule has 0 atom stereocenters. The van der Waals surface area contributed by atoms with Gasteiger partial charge in [-0.25, -0.2) is 8.42 Å². The van der Waals surface area contributed by atoms with Crippen LogP contribution in [0.1, 0.15) is 18.7 Å². The molecule has 0 fully saturated rings. The molecule has 0 saturated heterocycles. The Hall–Kier alpha value is -0.940. The Labute approximate surface area is 125 Å². The van der Waals surface area contributed by atoms with Crippen molar-refractivity contribution in [1.82, 2.24) is 9.21 Å². The van der Waals surface area contributed by atoms with Crippen LogP contribution >= 0.6 is 11.3 Å². The molecule has 0 aliphatic rings. The number of sulfonamides is 1. The molecule has 1 heterocycles. The molecule has 0 amide bonds. The minimum atomic E-state index is -3.51. The number of rotatable bonds is 7. The van der Waals surface area contributed by atoms with Crippen molar-refractivity contribution in [2.24, 2.45) is 5.92 Å². The molecule has 0 aliphatic heterocycles. The van der Waals surface area contributed by atoms with Gasteiger partial charge in [0.2, 0.25) is 0 Å². The lowest BCUT2D eigenvalue weighted by molar-refractivity contribution is 0.313. The molecule has 0 unspecified atom stereocenters. The predicted molar refractivity (Wildman–Crippen MR) is 81.2 cm³/mol. The first-order valence-electron chi connectivity index (χ1n) is 6.42. The van der Waals surface area contributed by atoms with Gasteiger partial charge in [0, 0.05) is 19.6 Å². The molecule has 0 saturated carbocycles. The average molecular weight is 315 g/mol. The van der Waals surface area contributed by atoms with Gasteiger partial charge in [-0.15, -0.1) is 11.3 Å². The van der Waals surface area contributed by atoms with E-state index in [-0.39, 0.29) is 10.1 Å². The van der Waals surface area contributed by atoms with Crippen molar-refractivity contribution in [3.8, 4) is 6.07 Å². The highest BCUT2D eigenvalue weighted by atomic mass is 32.2. The van der Waals surface area contributed by atoms with Crippen LogP contribution in [0.2, 0.25) is 0 Å². The van der Waals surface area contributed by atoms with E-state index in [0.717, 1.165) is 11.3 Å². The van der Waals surface area contributed by atoms with Crippen LogP contribution in [0.5, 0.6) is 0 Å².